The Labute approximate surface area is 264 Å². The van der Waals surface area contributed by atoms with E-state index in [-0.39, 0.29) is 39.1 Å². The van der Waals surface area contributed by atoms with Gasteiger partial charge in [0.2, 0.25) is 0 Å². The molecule has 0 amide bonds. The Kier molecular flexibility index (Phi) is 15.7. The first-order valence-corrected chi connectivity index (χ1v) is 19.0. The molecule has 0 bridgehead atoms. The summed E-state index contributed by atoms with van der Waals surface area (Å²) < 4.78 is 19.2. The Hall–Kier alpha value is -0.344. The minimum atomic E-state index is -1.19. The number of hydroxylamine groups is 2. The molecule has 42 heavy (non-hydrogen) atoms. The minimum absolute atomic E-state index is 0.00619. The van der Waals surface area contributed by atoms with Gasteiger partial charge < -0.3 is 5.32 Å². The third kappa shape index (κ3) is 13.7. The zero-order chi connectivity index (χ0) is 31.4. The fourth-order valence-corrected chi connectivity index (χ4v) is 10.1. The Morgan fingerprint density at radius 2 is 1.24 bits per heavy atom. The van der Waals surface area contributed by atoms with Crippen molar-refractivity contribution in [2.75, 3.05) is 6.61 Å². The summed E-state index contributed by atoms with van der Waals surface area (Å²) in [4.78, 5) is 19.1. The fraction of sp³-hybridized carbons (Fsp3) is 0.971. The molecule has 0 aromatic carbocycles. The number of nitrogens with one attached hydrogen (secondary N) is 1. The maximum absolute atomic E-state index is 13.4. The average molecular weight is 640 g/mol. The monoisotopic (exact) mass is 639 g/mol. The van der Waals surface area contributed by atoms with Crippen LogP contribution in [0.3, 0.4) is 0 Å². The fourth-order valence-electron chi connectivity index (χ4n) is 7.51. The van der Waals surface area contributed by atoms with Crippen LogP contribution in [-0.4, -0.2) is 45.9 Å². The second-order valence-electron chi connectivity index (χ2n) is 15.8. The summed E-state index contributed by atoms with van der Waals surface area (Å²) in [5.74, 6) is -0.0462. The molecule has 251 valence electrons. The summed E-state index contributed by atoms with van der Waals surface area (Å²) in [6, 6.07) is 0. The van der Waals surface area contributed by atoms with Crippen LogP contribution in [0.2, 0.25) is 10.2 Å². The van der Waals surface area contributed by atoms with E-state index in [1.54, 1.807) is 0 Å². The quantitative estimate of drug-likeness (QED) is 0.112. The van der Waals surface area contributed by atoms with E-state index in [0.29, 0.717) is 6.42 Å². The molecule has 1 N–H and O–H groups in total. The number of carbonyl (C=O) groups is 1. The number of hydrogen-bond donors (Lipinski definition) is 1. The number of piperidine rings is 2. The van der Waals surface area contributed by atoms with Gasteiger partial charge in [0.05, 0.1) is 0 Å². The van der Waals surface area contributed by atoms with Crippen LogP contribution in [0, 0.1) is 0 Å². The van der Waals surface area contributed by atoms with Gasteiger partial charge in [-0.05, 0) is 27.7 Å². The predicted octanol–water partition coefficient (Wildman–Crippen LogP) is 9.69. The Bertz CT molecular complexity index is 792. The maximum atomic E-state index is 13.4. The SMILES string of the molecule is CCCCCCCCON1C(C)(C)C[CH]([Co](=[O])[CH2]CCCCCCCC(=O)OC2CC(C)(C)NC(C)(C)C2)CC1(C)C. The second kappa shape index (κ2) is 17.4. The van der Waals surface area contributed by atoms with Gasteiger partial charge in [0.1, 0.15) is 0 Å². The van der Waals surface area contributed by atoms with Gasteiger partial charge in [0.15, 0.2) is 0 Å². The summed E-state index contributed by atoms with van der Waals surface area (Å²) in [5.41, 5.74) is -0.245. The van der Waals surface area contributed by atoms with Crippen LogP contribution in [0.15, 0.2) is 0 Å². The predicted molar refractivity (Wildman–Crippen MR) is 171 cm³/mol. The zero-order valence-corrected chi connectivity index (χ0v) is 30.0. The molecule has 0 aromatic rings. The van der Waals surface area contributed by atoms with E-state index in [4.69, 9.17) is 9.57 Å². The third-order valence-corrected chi connectivity index (χ3v) is 11.2. The van der Waals surface area contributed by atoms with Crippen molar-refractivity contribution in [2.24, 2.45) is 0 Å². The molecular weight excluding hydrogens is 571 g/mol. The van der Waals surface area contributed by atoms with Crippen molar-refractivity contribution in [1.29, 1.82) is 0 Å². The Morgan fingerprint density at radius 3 is 1.81 bits per heavy atom. The van der Waals surface area contributed by atoms with Crippen molar-refractivity contribution in [3.8, 4) is 0 Å². The van der Waals surface area contributed by atoms with Crippen molar-refractivity contribution in [3.05, 3.63) is 0 Å². The molecule has 0 unspecified atom stereocenters. The van der Waals surface area contributed by atoms with Crippen LogP contribution >= 0.6 is 0 Å². The van der Waals surface area contributed by atoms with Gasteiger partial charge in [-0.25, -0.2) is 0 Å². The summed E-state index contributed by atoms with van der Waals surface area (Å²) in [6.45, 7) is 20.8. The van der Waals surface area contributed by atoms with Crippen LogP contribution in [0.4, 0.5) is 0 Å². The molecule has 0 radical (unpaired) electrons. The van der Waals surface area contributed by atoms with E-state index in [1.165, 1.54) is 32.1 Å². The standard InChI is InChI=1S/C18H34NO2.C17H34NO.Co.O/c1-6-7-8-9-10-11-12-16(20)21-15-13-17(2,3)19-18(4,5)14-15;1-6-7-8-9-10-11-15-19-18-16(2,3)13-12-14-17(18,4)5;;/h15,19H,1,6-14H2,2-5H3;12H,6-11,13-15H2,1-5H3;;. The molecule has 2 heterocycles. The molecule has 0 spiro atoms. The van der Waals surface area contributed by atoms with Gasteiger partial charge in [0, 0.05) is 11.1 Å². The molecule has 7 heteroatoms. The van der Waals surface area contributed by atoms with Crippen LogP contribution in [0.1, 0.15) is 171 Å². The molecule has 6 nitrogen and oxygen atoms in total. The van der Waals surface area contributed by atoms with E-state index >= 15 is 0 Å². The Morgan fingerprint density at radius 1 is 0.738 bits per heavy atom. The molecule has 0 aliphatic carbocycles. The van der Waals surface area contributed by atoms with Gasteiger partial charge in [0.25, 0.3) is 0 Å². The molecule has 2 aliphatic heterocycles. The third-order valence-electron chi connectivity index (χ3n) is 8.91. The topological polar surface area (TPSA) is 67.9 Å². The van der Waals surface area contributed by atoms with Crippen LogP contribution in [0.25, 0.3) is 0 Å². The molecule has 2 fully saturated rings. The summed E-state index contributed by atoms with van der Waals surface area (Å²) in [6.07, 6.45) is 18.1. The van der Waals surface area contributed by atoms with Crippen LogP contribution in [-0.2, 0) is 31.8 Å². The first-order chi connectivity index (χ1) is 19.6. The first-order valence-electron chi connectivity index (χ1n) is 17.2. The number of esters is 1. The van der Waals surface area contributed by atoms with Gasteiger partial charge >= 0.3 is 214 Å². The summed E-state index contributed by atoms with van der Waals surface area (Å²) >= 11 is -1.19. The van der Waals surface area contributed by atoms with Crippen molar-refractivity contribution >= 4 is 5.97 Å². The number of hydrogen-bond acceptors (Lipinski definition) is 6. The molecule has 0 atom stereocenters. The van der Waals surface area contributed by atoms with Crippen LogP contribution < -0.4 is 5.32 Å². The number of unbranched alkanes of at least 4 members (excludes halogenated alkanes) is 10. The van der Waals surface area contributed by atoms with E-state index in [1.807, 2.05) is 0 Å². The summed E-state index contributed by atoms with van der Waals surface area (Å²) in [5, 5.41) is 6.71. The van der Waals surface area contributed by atoms with Crippen molar-refractivity contribution in [3.63, 3.8) is 0 Å². The van der Waals surface area contributed by atoms with E-state index < -0.39 is 13.6 Å². The van der Waals surface area contributed by atoms with Crippen LogP contribution in [0.5, 0.6) is 0 Å². The molecule has 0 saturated carbocycles. The first kappa shape index (κ1) is 37.8. The molecular formula is C35H68CoN2O4. The second-order valence-corrected chi connectivity index (χ2v) is 18.1. The average Bonchev–Trinajstić information content (AvgIpc) is 2.83. The molecule has 2 rings (SSSR count). The number of rotatable bonds is 19. The molecule has 2 aliphatic rings. The number of nitrogens with zero attached hydrogens (tertiary/aromatic N) is 1. The van der Waals surface area contributed by atoms with Crippen molar-refractivity contribution in [1.82, 2.24) is 10.4 Å². The van der Waals surface area contributed by atoms with Crippen molar-refractivity contribution in [2.45, 2.75) is 210 Å². The van der Waals surface area contributed by atoms with E-state index in [0.717, 1.165) is 82.6 Å². The Balaban J connectivity index is 1.59. The van der Waals surface area contributed by atoms with Gasteiger partial charge in [-0.1, -0.05) is 6.92 Å². The molecule has 0 aromatic heterocycles. The van der Waals surface area contributed by atoms with Crippen molar-refractivity contribution < 1.29 is 31.8 Å². The zero-order valence-electron chi connectivity index (χ0n) is 29.0. The number of ether oxygens (including phenoxy) is 1. The van der Waals surface area contributed by atoms with Gasteiger partial charge in [-0.3, -0.25) is 0 Å². The van der Waals surface area contributed by atoms with Gasteiger partial charge in [-0.2, -0.15) is 0 Å². The normalized spacial score (nSPS) is 22.6. The van der Waals surface area contributed by atoms with Gasteiger partial charge in [-0.15, -0.1) is 0 Å². The summed E-state index contributed by atoms with van der Waals surface area (Å²) in [7, 11) is 0. The van der Waals surface area contributed by atoms with E-state index in [2.05, 4.69) is 72.7 Å². The number of carbonyl (C=O) groups excluding carboxylic acids is 1. The molecule has 2 saturated heterocycles. The van der Waals surface area contributed by atoms with E-state index in [9.17, 15) is 8.66 Å².